The summed E-state index contributed by atoms with van der Waals surface area (Å²) in [5.41, 5.74) is 1.04. The Labute approximate surface area is 105 Å². The number of hydrogen-bond donors (Lipinski definition) is 2. The van der Waals surface area contributed by atoms with Crippen LogP contribution in [0, 0.1) is 0 Å². The summed E-state index contributed by atoms with van der Waals surface area (Å²) >= 11 is -0.200. The molecule has 4 nitrogen and oxygen atoms in total. The summed E-state index contributed by atoms with van der Waals surface area (Å²) in [6, 6.07) is 3.91. The van der Waals surface area contributed by atoms with Crippen molar-refractivity contribution in [3.63, 3.8) is 0 Å². The van der Waals surface area contributed by atoms with Gasteiger partial charge in [0.2, 0.25) is 0 Å². The van der Waals surface area contributed by atoms with Gasteiger partial charge in [0.15, 0.2) is 0 Å². The van der Waals surface area contributed by atoms with Crippen LogP contribution in [-0.4, -0.2) is 28.9 Å². The average molecular weight is 281 g/mol. The molecule has 0 radical (unpaired) electrons. The minimum Gasteiger partial charge on any atom is -0.493 e. The van der Waals surface area contributed by atoms with Crippen LogP contribution >= 0.6 is 11.8 Å². The number of carbonyl (C=O) groups is 1. The molecule has 1 aromatic carbocycles. The van der Waals surface area contributed by atoms with Crippen LogP contribution in [0.3, 0.4) is 0 Å². The second-order valence-corrected chi connectivity index (χ2v) is 4.36. The van der Waals surface area contributed by atoms with Crippen LogP contribution in [0.25, 0.3) is 0 Å². The van der Waals surface area contributed by atoms with Crippen LogP contribution in [0.5, 0.6) is 5.75 Å². The predicted molar refractivity (Wildman–Crippen MR) is 61.8 cm³/mol. The Bertz CT molecular complexity index is 437. The largest absolute Gasteiger partial charge is 0.493 e. The van der Waals surface area contributed by atoms with E-state index in [1.807, 2.05) is 0 Å². The van der Waals surface area contributed by atoms with Crippen molar-refractivity contribution in [1.82, 2.24) is 0 Å². The van der Waals surface area contributed by atoms with Crippen molar-refractivity contribution in [1.29, 1.82) is 0 Å². The van der Waals surface area contributed by atoms with Crippen LogP contribution in [0.4, 0.5) is 18.9 Å². The van der Waals surface area contributed by atoms with Crippen LogP contribution in [-0.2, 0) is 0 Å². The maximum absolute atomic E-state index is 11.8. The summed E-state index contributed by atoms with van der Waals surface area (Å²) in [5.74, 6) is -1.32. The Morgan fingerprint density at radius 2 is 2.11 bits per heavy atom. The summed E-state index contributed by atoms with van der Waals surface area (Å²) in [6.07, 6.45) is 0. The second kappa shape index (κ2) is 5.85. The number of hydrogen-bond acceptors (Lipinski definition) is 4. The van der Waals surface area contributed by atoms with Gasteiger partial charge in [0.05, 0.1) is 12.2 Å². The zero-order chi connectivity index (χ0) is 13.8. The molecule has 3 N–H and O–H groups in total. The molecule has 0 saturated heterocycles. The lowest BCUT2D eigenvalue weighted by Gasteiger charge is -2.09. The van der Waals surface area contributed by atoms with Crippen LogP contribution in [0.1, 0.15) is 10.4 Å². The Morgan fingerprint density at radius 1 is 1.44 bits per heavy atom. The van der Waals surface area contributed by atoms with Crippen molar-refractivity contribution in [2.45, 2.75) is 5.51 Å². The normalized spacial score (nSPS) is 11.3. The Morgan fingerprint density at radius 3 is 2.67 bits per heavy atom. The fraction of sp³-hybridized carbons (Fsp3) is 0.300. The minimum absolute atomic E-state index is 0.0690. The van der Waals surface area contributed by atoms with Gasteiger partial charge in [-0.3, -0.25) is 0 Å². The number of ether oxygens (including phenoxy) is 1. The van der Waals surface area contributed by atoms with E-state index in [1.54, 1.807) is 0 Å². The van der Waals surface area contributed by atoms with Crippen molar-refractivity contribution >= 4 is 23.4 Å². The number of halogens is 3. The first-order valence-electron chi connectivity index (χ1n) is 4.76. The lowest BCUT2D eigenvalue weighted by molar-refractivity contribution is -0.0329. The first-order valence-corrected chi connectivity index (χ1v) is 5.74. The molecule has 100 valence electrons. The van der Waals surface area contributed by atoms with Crippen molar-refractivity contribution < 1.29 is 27.8 Å². The molecule has 0 unspecified atom stereocenters. The molecule has 0 aliphatic heterocycles. The van der Waals surface area contributed by atoms with E-state index in [-0.39, 0.29) is 41.1 Å². The van der Waals surface area contributed by atoms with Gasteiger partial charge >= 0.3 is 11.5 Å². The minimum atomic E-state index is -4.29. The summed E-state index contributed by atoms with van der Waals surface area (Å²) in [7, 11) is 0. The number of benzene rings is 1. The highest BCUT2D eigenvalue weighted by Gasteiger charge is 2.27. The molecule has 0 heterocycles. The number of aromatic carboxylic acids is 1. The number of carboxylic acid groups (broad SMARTS) is 1. The van der Waals surface area contributed by atoms with Crippen molar-refractivity contribution in [3.05, 3.63) is 23.8 Å². The van der Waals surface area contributed by atoms with Crippen LogP contribution in [0.15, 0.2) is 18.2 Å². The maximum atomic E-state index is 11.8. The van der Waals surface area contributed by atoms with Crippen molar-refractivity contribution in [3.8, 4) is 5.75 Å². The fourth-order valence-electron chi connectivity index (χ4n) is 1.13. The van der Waals surface area contributed by atoms with Gasteiger partial charge in [0.25, 0.3) is 0 Å². The Balaban J connectivity index is 2.53. The molecule has 1 rings (SSSR count). The third-order valence-electron chi connectivity index (χ3n) is 1.87. The molecule has 0 atom stereocenters. The van der Waals surface area contributed by atoms with Crippen LogP contribution < -0.4 is 10.5 Å². The van der Waals surface area contributed by atoms with E-state index in [9.17, 15) is 18.0 Å². The number of nitrogen functional groups attached to an aromatic ring is 1. The second-order valence-electron chi connectivity index (χ2n) is 3.20. The van der Waals surface area contributed by atoms with Crippen LogP contribution in [0.2, 0.25) is 0 Å². The molecule has 0 aliphatic carbocycles. The highest BCUT2D eigenvalue weighted by molar-refractivity contribution is 8.00. The smallest absolute Gasteiger partial charge is 0.441 e. The quantitative estimate of drug-likeness (QED) is 0.641. The number of nitrogens with two attached hydrogens (primary N) is 1. The molecule has 0 bridgehead atoms. The molecule has 8 heteroatoms. The van der Waals surface area contributed by atoms with E-state index in [4.69, 9.17) is 15.6 Å². The monoisotopic (exact) mass is 281 g/mol. The molecule has 18 heavy (non-hydrogen) atoms. The molecular formula is C10H10F3NO3S. The van der Waals surface area contributed by atoms with Gasteiger partial charge in [0, 0.05) is 11.4 Å². The van der Waals surface area contributed by atoms with Crippen molar-refractivity contribution in [2.75, 3.05) is 18.1 Å². The zero-order valence-electron chi connectivity index (χ0n) is 9.03. The van der Waals surface area contributed by atoms with Gasteiger partial charge in [-0.2, -0.15) is 13.2 Å². The van der Waals surface area contributed by atoms with E-state index >= 15 is 0 Å². The highest BCUT2D eigenvalue weighted by Crippen LogP contribution is 2.30. The molecular weight excluding hydrogens is 271 g/mol. The first kappa shape index (κ1) is 14.5. The third kappa shape index (κ3) is 4.74. The van der Waals surface area contributed by atoms with E-state index < -0.39 is 11.5 Å². The standard InChI is InChI=1S/C10H10F3NO3S/c11-10(12,13)18-4-3-17-6-1-2-8(14)7(5-6)9(15)16/h1-2,5H,3-4,14H2,(H,15,16). The first-order chi connectivity index (χ1) is 8.29. The SMILES string of the molecule is Nc1ccc(OCCSC(F)(F)F)cc1C(=O)O. The van der Waals surface area contributed by atoms with Gasteiger partial charge in [-0.25, -0.2) is 4.79 Å². The van der Waals surface area contributed by atoms with E-state index in [0.29, 0.717) is 0 Å². The van der Waals surface area contributed by atoms with Gasteiger partial charge in [-0.15, -0.1) is 0 Å². The van der Waals surface area contributed by atoms with Crippen molar-refractivity contribution in [2.24, 2.45) is 0 Å². The molecule has 1 aromatic rings. The zero-order valence-corrected chi connectivity index (χ0v) is 9.85. The molecule has 0 saturated carbocycles. The fourth-order valence-corrected chi connectivity index (χ4v) is 1.53. The molecule has 0 amide bonds. The number of carboxylic acids is 1. The van der Waals surface area contributed by atoms with Gasteiger partial charge < -0.3 is 15.6 Å². The molecule has 0 fully saturated rings. The number of anilines is 1. The third-order valence-corrected chi connectivity index (χ3v) is 2.57. The van der Waals surface area contributed by atoms with E-state index in [2.05, 4.69) is 0 Å². The maximum Gasteiger partial charge on any atom is 0.441 e. The number of thioether (sulfide) groups is 1. The summed E-state index contributed by atoms with van der Waals surface area (Å²) in [6.45, 7) is -0.173. The predicted octanol–water partition coefficient (Wildman–Crippen LogP) is 2.60. The van der Waals surface area contributed by atoms with Gasteiger partial charge in [-0.05, 0) is 30.0 Å². The van der Waals surface area contributed by atoms with E-state index in [1.165, 1.54) is 18.2 Å². The molecule has 0 aliphatic rings. The highest BCUT2D eigenvalue weighted by atomic mass is 32.2. The van der Waals surface area contributed by atoms with Gasteiger partial charge in [0.1, 0.15) is 5.75 Å². The lowest BCUT2D eigenvalue weighted by atomic mass is 10.2. The summed E-state index contributed by atoms with van der Waals surface area (Å²) in [5, 5.41) is 8.78. The summed E-state index contributed by atoms with van der Waals surface area (Å²) in [4.78, 5) is 10.7. The Hall–Kier alpha value is -1.57. The topological polar surface area (TPSA) is 72.5 Å². The Kier molecular flexibility index (Phi) is 4.71. The summed E-state index contributed by atoms with van der Waals surface area (Å²) < 4.78 is 40.5. The number of rotatable bonds is 5. The molecule has 0 aromatic heterocycles. The average Bonchev–Trinajstić information content (AvgIpc) is 2.24. The van der Waals surface area contributed by atoms with Gasteiger partial charge in [-0.1, -0.05) is 0 Å². The number of alkyl halides is 3. The lowest BCUT2D eigenvalue weighted by Crippen LogP contribution is -2.08. The molecule has 0 spiro atoms. The van der Waals surface area contributed by atoms with E-state index in [0.717, 1.165) is 0 Å².